The Morgan fingerprint density at radius 2 is 1.00 bits per heavy atom. The van der Waals surface area contributed by atoms with E-state index in [4.69, 9.17) is 21.9 Å². The fourth-order valence-electron chi connectivity index (χ4n) is 9.42. The molecule has 1 saturated heterocycles. The minimum atomic E-state index is -4.82. The summed E-state index contributed by atoms with van der Waals surface area (Å²) < 4.78 is 210. The van der Waals surface area contributed by atoms with E-state index >= 15 is 0 Å². The van der Waals surface area contributed by atoms with Crippen LogP contribution in [0.1, 0.15) is 90.4 Å². The van der Waals surface area contributed by atoms with E-state index in [1.165, 1.54) is 14.7 Å². The first-order valence-electron chi connectivity index (χ1n) is 26.6. The lowest BCUT2D eigenvalue weighted by Gasteiger charge is -2.36. The second-order valence-corrected chi connectivity index (χ2v) is 21.5. The van der Waals surface area contributed by atoms with Crippen LogP contribution in [0.2, 0.25) is 0 Å². The zero-order valence-corrected chi connectivity index (χ0v) is 47.2. The standard InChI is InChI=1S/C19H18F6N4O3.C19H26F3N3O3.C16H15F6N5O/c1-32-17(31)16-14-8-28(2-3-29(14)18(27-16)19(23,24)25)15(30)6-10(26)4-9-5-12(21)13(22)7-11(9)20;1-19(2,3)28-10-16-18(27)24-4-5-25(16)17(26)8-12(23)6-11-7-14(21)15(22)9-13(11)20;17-10-6-12(19)11(18)4-8(10)3-9(23)5-14(28)26-1-2-27-13(7-26)24-25-15(27)16(20,21)22/h5,7,10H,2-4,6,8,26H2,1H3;7,9,12,16H,4-6,8,10,23H2,1-3H3,(H,24,27);4,6,9H,1-3,5,7,23H2/t10-;12-,16-;9-/m111/s1. The molecule has 3 aliphatic heterocycles. The predicted molar refractivity (Wildman–Crippen MR) is 276 cm³/mol. The zero-order valence-electron chi connectivity index (χ0n) is 47.2. The van der Waals surface area contributed by atoms with Crippen molar-refractivity contribution in [2.24, 2.45) is 17.2 Å². The van der Waals surface area contributed by atoms with Crippen molar-refractivity contribution in [2.45, 2.75) is 128 Å². The molecular weight excluding hydrogens is 1210 g/mol. The van der Waals surface area contributed by atoms with Gasteiger partial charge in [-0.25, -0.2) is 49.3 Å². The lowest BCUT2D eigenvalue weighted by molar-refractivity contribution is -0.149. The molecule has 0 unspecified atom stereocenters. The van der Waals surface area contributed by atoms with Crippen LogP contribution in [0.4, 0.5) is 65.9 Å². The van der Waals surface area contributed by atoms with Gasteiger partial charge in [-0.3, -0.25) is 19.2 Å². The van der Waals surface area contributed by atoms with Crippen molar-refractivity contribution in [3.63, 3.8) is 0 Å². The molecule has 0 aliphatic carbocycles. The number of piperazine rings is 1. The van der Waals surface area contributed by atoms with Gasteiger partial charge in [0.2, 0.25) is 35.3 Å². The summed E-state index contributed by atoms with van der Waals surface area (Å²) in [5.74, 6) is -15.8. The van der Waals surface area contributed by atoms with Crippen molar-refractivity contribution < 1.29 is 99.3 Å². The summed E-state index contributed by atoms with van der Waals surface area (Å²) in [4.78, 5) is 68.9. The van der Waals surface area contributed by atoms with E-state index in [2.05, 4.69) is 25.2 Å². The summed E-state index contributed by atoms with van der Waals surface area (Å²) in [6, 6.07) is -0.179. The summed E-state index contributed by atoms with van der Waals surface area (Å²) in [5.41, 5.74) is 15.9. The number of nitrogens with two attached hydrogens (primary N) is 3. The number of ether oxygens (including phenoxy) is 2. The number of fused-ring (bicyclic) bond motifs is 2. The van der Waals surface area contributed by atoms with Gasteiger partial charge in [-0.15, -0.1) is 10.2 Å². The maximum absolute atomic E-state index is 13.8. The highest BCUT2D eigenvalue weighted by molar-refractivity contribution is 5.90. The van der Waals surface area contributed by atoms with Gasteiger partial charge in [-0.05, 0) is 74.9 Å². The number of halogens is 15. The molecule has 34 heteroatoms. The summed E-state index contributed by atoms with van der Waals surface area (Å²) in [6.45, 7) is 5.13. The van der Waals surface area contributed by atoms with Crippen molar-refractivity contribution in [3.8, 4) is 0 Å². The van der Waals surface area contributed by atoms with E-state index in [0.717, 1.165) is 22.3 Å². The number of carbonyl (C=O) groups is 5. The van der Waals surface area contributed by atoms with Crippen LogP contribution in [0.15, 0.2) is 36.4 Å². The van der Waals surface area contributed by atoms with Crippen molar-refractivity contribution in [1.82, 2.24) is 44.3 Å². The fourth-order valence-corrected chi connectivity index (χ4v) is 9.42. The van der Waals surface area contributed by atoms with Gasteiger partial charge < -0.3 is 55.8 Å². The highest BCUT2D eigenvalue weighted by Gasteiger charge is 2.43. The van der Waals surface area contributed by atoms with Gasteiger partial charge in [0.15, 0.2) is 46.4 Å². The number of benzene rings is 3. The van der Waals surface area contributed by atoms with E-state index < -0.39 is 130 Å². The molecule has 0 bridgehead atoms. The van der Waals surface area contributed by atoms with Crippen molar-refractivity contribution in [3.05, 3.63) is 134 Å². The maximum atomic E-state index is 13.8. The molecule has 0 saturated carbocycles. The van der Waals surface area contributed by atoms with Crippen molar-refractivity contribution >= 4 is 29.6 Å². The third-order valence-electron chi connectivity index (χ3n) is 13.7. The second kappa shape index (κ2) is 28.5. The molecule has 7 N–H and O–H groups in total. The smallest absolute Gasteiger partial charge is 0.451 e. The van der Waals surface area contributed by atoms with Crippen LogP contribution in [0, 0.1) is 52.4 Å². The topological polar surface area (TPSA) is 252 Å². The summed E-state index contributed by atoms with van der Waals surface area (Å²) in [5, 5.41) is 9.29. The normalized spacial score (nSPS) is 16.3. The largest absolute Gasteiger partial charge is 0.464 e. The van der Waals surface area contributed by atoms with E-state index in [9.17, 15) is 89.8 Å². The van der Waals surface area contributed by atoms with Gasteiger partial charge in [-0.2, -0.15) is 26.3 Å². The number of methoxy groups -OCH3 is 1. The number of alkyl halides is 6. The molecule has 5 aromatic rings. The Morgan fingerprint density at radius 1 is 0.580 bits per heavy atom. The minimum absolute atomic E-state index is 0.000783. The van der Waals surface area contributed by atoms with Gasteiger partial charge in [-0.1, -0.05) is 0 Å². The molecule has 5 heterocycles. The van der Waals surface area contributed by atoms with Crippen LogP contribution in [-0.2, 0) is 86.4 Å². The Balaban J connectivity index is 0.000000211. The van der Waals surface area contributed by atoms with Crippen molar-refractivity contribution in [1.29, 1.82) is 0 Å². The predicted octanol–water partition coefficient (Wildman–Crippen LogP) is 5.93. The third-order valence-corrected chi connectivity index (χ3v) is 13.7. The Labute approximate surface area is 491 Å². The second-order valence-electron chi connectivity index (χ2n) is 21.5. The van der Waals surface area contributed by atoms with Crippen LogP contribution in [-0.4, -0.2) is 138 Å². The number of aromatic nitrogens is 5. The first kappa shape index (κ1) is 69.3. The number of hydrogen-bond donors (Lipinski definition) is 4. The van der Waals surface area contributed by atoms with Crippen LogP contribution < -0.4 is 22.5 Å². The summed E-state index contributed by atoms with van der Waals surface area (Å²) in [7, 11) is 0.990. The number of nitrogens with zero attached hydrogens (tertiary/aromatic N) is 8. The first-order valence-corrected chi connectivity index (χ1v) is 26.6. The molecule has 2 aromatic heterocycles. The molecule has 3 aliphatic rings. The number of amides is 4. The maximum Gasteiger partial charge on any atom is 0.451 e. The lowest BCUT2D eigenvalue weighted by atomic mass is 10.0. The van der Waals surface area contributed by atoms with E-state index in [1.54, 1.807) is 0 Å². The first-order chi connectivity index (χ1) is 40.9. The Hall–Kier alpha value is -7.85. The Bertz CT molecular complexity index is 3370. The number of nitrogens with one attached hydrogen (secondary N) is 1. The van der Waals surface area contributed by atoms with Crippen LogP contribution >= 0.6 is 0 Å². The zero-order chi connectivity index (χ0) is 65.5. The molecule has 0 spiro atoms. The number of rotatable bonds is 15. The van der Waals surface area contributed by atoms with Crippen LogP contribution in [0.5, 0.6) is 0 Å². The number of carbonyl (C=O) groups excluding carboxylic acids is 5. The average molecular weight is 1270 g/mol. The van der Waals surface area contributed by atoms with Gasteiger partial charge >= 0.3 is 18.3 Å². The third kappa shape index (κ3) is 17.9. The average Bonchev–Trinajstić information content (AvgIpc) is 2.35. The molecule has 88 heavy (non-hydrogen) atoms. The number of hydrogen-bond acceptors (Lipinski definition) is 13. The molecule has 482 valence electrons. The van der Waals surface area contributed by atoms with E-state index in [-0.39, 0.29) is 124 Å². The van der Waals surface area contributed by atoms with E-state index in [1.807, 2.05) is 20.8 Å². The molecule has 4 atom stereocenters. The van der Waals surface area contributed by atoms with Gasteiger partial charge in [0.25, 0.3) is 0 Å². The Kier molecular flexibility index (Phi) is 22.5. The van der Waals surface area contributed by atoms with Crippen LogP contribution in [0.3, 0.4) is 0 Å². The lowest BCUT2D eigenvalue weighted by Crippen LogP contribution is -2.60. The molecule has 4 amide bonds. The SMILES string of the molecule is CC(C)(C)OC[C@@H]1C(=O)NCCN1C(=O)C[C@H](N)Cc1cc(F)c(F)cc1F.COC(=O)c1nc(C(F)(F)F)n2c1CN(C(=O)C[C@H](N)Cc1cc(F)c(F)cc1F)CC2.N[C@@H](CC(=O)N1CCn2c(nnc2C(F)(F)F)C1)Cc1cc(F)c(F)cc1F. The van der Waals surface area contributed by atoms with Crippen molar-refractivity contribution in [2.75, 3.05) is 39.9 Å². The fraction of sp³-hybridized carbons (Fsp3) is 0.481. The highest BCUT2D eigenvalue weighted by atomic mass is 19.4. The van der Waals surface area contributed by atoms with Gasteiger partial charge in [0, 0.05) is 94.9 Å². The molecule has 3 aromatic carbocycles. The molecular formula is C54H59F15N12O7. The molecule has 1 fully saturated rings. The van der Waals surface area contributed by atoms with E-state index in [0.29, 0.717) is 43.4 Å². The highest BCUT2D eigenvalue weighted by Crippen LogP contribution is 2.34. The summed E-state index contributed by atoms with van der Waals surface area (Å²) >= 11 is 0. The molecule has 0 radical (unpaired) electrons. The number of imidazole rings is 1. The monoisotopic (exact) mass is 1270 g/mol. The molecule has 8 rings (SSSR count). The molecule has 19 nitrogen and oxygen atoms in total. The van der Waals surface area contributed by atoms with Crippen LogP contribution in [0.25, 0.3) is 0 Å². The summed E-state index contributed by atoms with van der Waals surface area (Å²) in [6.07, 6.45) is -10.8. The number of esters is 1. The van der Waals surface area contributed by atoms with Gasteiger partial charge in [0.1, 0.15) is 23.5 Å². The van der Waals surface area contributed by atoms with Gasteiger partial charge in [0.05, 0.1) is 38.1 Å². The quantitative estimate of drug-likeness (QED) is 0.0540. The minimum Gasteiger partial charge on any atom is -0.464 e. The Morgan fingerprint density at radius 3 is 1.43 bits per heavy atom.